The summed E-state index contributed by atoms with van der Waals surface area (Å²) in [6.07, 6.45) is 6.14. The highest BCUT2D eigenvalue weighted by molar-refractivity contribution is 7.17. The van der Waals surface area contributed by atoms with Crippen molar-refractivity contribution in [1.29, 1.82) is 0 Å². The van der Waals surface area contributed by atoms with Crippen LogP contribution in [-0.4, -0.2) is 37.9 Å². The van der Waals surface area contributed by atoms with E-state index in [1.54, 1.807) is 6.92 Å². The first-order chi connectivity index (χ1) is 11.7. The molecular formula is C17H24N2O4S. The highest BCUT2D eigenvalue weighted by atomic mass is 32.1. The second-order valence-corrected chi connectivity index (χ2v) is 7.21. The molecule has 2 aliphatic rings. The number of hydrogen-bond acceptors (Lipinski definition) is 5. The van der Waals surface area contributed by atoms with Gasteiger partial charge in [-0.15, -0.1) is 11.3 Å². The van der Waals surface area contributed by atoms with E-state index in [4.69, 9.17) is 9.47 Å². The zero-order valence-electron chi connectivity index (χ0n) is 14.0. The molecule has 132 valence electrons. The summed E-state index contributed by atoms with van der Waals surface area (Å²) in [6, 6.07) is -0.297. The van der Waals surface area contributed by atoms with Crippen molar-refractivity contribution in [2.24, 2.45) is 0 Å². The van der Waals surface area contributed by atoms with Crippen molar-refractivity contribution in [3.8, 4) is 0 Å². The average molecular weight is 352 g/mol. The first-order valence-electron chi connectivity index (χ1n) is 8.67. The molecule has 0 bridgehead atoms. The lowest BCUT2D eigenvalue weighted by Gasteiger charge is -2.13. The summed E-state index contributed by atoms with van der Waals surface area (Å²) < 4.78 is 10.7. The Kier molecular flexibility index (Phi) is 5.73. The van der Waals surface area contributed by atoms with Crippen molar-refractivity contribution in [3.05, 3.63) is 16.0 Å². The topological polar surface area (TPSA) is 76.7 Å². The standard InChI is InChI=1S/C17H24N2O4S/c1-2-22-16(20)14-12-7-3-4-8-13(12)24-15(14)19-17(21)18-10-11-6-5-9-23-11/h11H,2-10H2,1H3,(H2,18,19,21). The van der Waals surface area contributed by atoms with Crippen LogP contribution in [0.5, 0.6) is 0 Å². The van der Waals surface area contributed by atoms with Crippen LogP contribution in [0.1, 0.15) is 53.4 Å². The molecule has 0 aromatic carbocycles. The Morgan fingerprint density at radius 2 is 2.12 bits per heavy atom. The Morgan fingerprint density at radius 3 is 2.88 bits per heavy atom. The van der Waals surface area contributed by atoms with Crippen molar-refractivity contribution in [2.45, 2.75) is 51.6 Å². The Labute approximate surface area is 145 Å². The molecule has 2 amide bonds. The molecule has 0 saturated carbocycles. The molecule has 2 heterocycles. The smallest absolute Gasteiger partial charge is 0.341 e. The van der Waals surface area contributed by atoms with Crippen LogP contribution < -0.4 is 10.6 Å². The lowest BCUT2D eigenvalue weighted by molar-refractivity contribution is 0.0526. The Morgan fingerprint density at radius 1 is 1.29 bits per heavy atom. The van der Waals surface area contributed by atoms with E-state index in [9.17, 15) is 9.59 Å². The number of amides is 2. The molecule has 6 nitrogen and oxygen atoms in total. The van der Waals surface area contributed by atoms with Gasteiger partial charge >= 0.3 is 12.0 Å². The summed E-state index contributed by atoms with van der Waals surface area (Å²) in [4.78, 5) is 25.7. The van der Waals surface area contributed by atoms with Gasteiger partial charge in [0.25, 0.3) is 0 Å². The number of urea groups is 1. The van der Waals surface area contributed by atoms with Crippen LogP contribution in [0.15, 0.2) is 0 Å². The number of carbonyl (C=O) groups is 2. The van der Waals surface area contributed by atoms with E-state index in [1.165, 1.54) is 16.2 Å². The number of carbonyl (C=O) groups excluding carboxylic acids is 2. The zero-order valence-corrected chi connectivity index (χ0v) is 14.8. The SMILES string of the molecule is CCOC(=O)c1c(NC(=O)NCC2CCCO2)sc2c1CCCC2. The van der Waals surface area contributed by atoms with Crippen molar-refractivity contribution >= 4 is 28.3 Å². The van der Waals surface area contributed by atoms with Gasteiger partial charge in [0.2, 0.25) is 0 Å². The van der Waals surface area contributed by atoms with Crippen LogP contribution in [0, 0.1) is 0 Å². The maximum atomic E-state index is 12.3. The second-order valence-electron chi connectivity index (χ2n) is 6.11. The third kappa shape index (κ3) is 3.89. The molecule has 1 aliphatic carbocycles. The van der Waals surface area contributed by atoms with E-state index in [0.717, 1.165) is 50.7 Å². The highest BCUT2D eigenvalue weighted by Gasteiger charge is 2.27. The molecule has 0 spiro atoms. The number of ether oxygens (including phenoxy) is 2. The molecule has 1 unspecified atom stereocenters. The van der Waals surface area contributed by atoms with Crippen LogP contribution in [0.3, 0.4) is 0 Å². The summed E-state index contributed by atoms with van der Waals surface area (Å²) in [5.74, 6) is -0.341. The molecule has 1 atom stereocenters. The molecule has 0 radical (unpaired) electrons. The molecule has 3 rings (SSSR count). The van der Waals surface area contributed by atoms with E-state index in [1.807, 2.05) is 0 Å². The first-order valence-corrected chi connectivity index (χ1v) is 9.48. The van der Waals surface area contributed by atoms with Crippen molar-refractivity contribution in [2.75, 3.05) is 25.1 Å². The quantitative estimate of drug-likeness (QED) is 0.799. The van der Waals surface area contributed by atoms with Crippen molar-refractivity contribution in [3.63, 3.8) is 0 Å². The summed E-state index contributed by atoms with van der Waals surface area (Å²) >= 11 is 1.50. The Bertz CT molecular complexity index is 608. The molecule has 24 heavy (non-hydrogen) atoms. The van der Waals surface area contributed by atoms with Gasteiger partial charge in [-0.3, -0.25) is 5.32 Å². The lowest BCUT2D eigenvalue weighted by atomic mass is 9.95. The van der Waals surface area contributed by atoms with Crippen LogP contribution >= 0.6 is 11.3 Å². The maximum Gasteiger partial charge on any atom is 0.341 e. The third-order valence-corrected chi connectivity index (χ3v) is 5.60. The van der Waals surface area contributed by atoms with Crippen LogP contribution in [0.2, 0.25) is 0 Å². The fourth-order valence-corrected chi connectivity index (χ4v) is 4.50. The van der Waals surface area contributed by atoms with Crippen molar-refractivity contribution in [1.82, 2.24) is 5.32 Å². The van der Waals surface area contributed by atoms with Gasteiger partial charge in [0, 0.05) is 18.0 Å². The monoisotopic (exact) mass is 352 g/mol. The number of aryl methyl sites for hydroxylation is 1. The number of fused-ring (bicyclic) bond motifs is 1. The van der Waals surface area contributed by atoms with E-state index in [2.05, 4.69) is 10.6 Å². The summed E-state index contributed by atoms with van der Waals surface area (Å²) in [5, 5.41) is 6.28. The minimum absolute atomic E-state index is 0.0943. The molecule has 1 saturated heterocycles. The van der Waals surface area contributed by atoms with Gasteiger partial charge in [-0.05, 0) is 51.0 Å². The fraction of sp³-hybridized carbons (Fsp3) is 0.647. The molecule has 1 fully saturated rings. The minimum Gasteiger partial charge on any atom is -0.462 e. The van der Waals surface area contributed by atoms with Gasteiger partial charge in [-0.25, -0.2) is 9.59 Å². The highest BCUT2D eigenvalue weighted by Crippen LogP contribution is 2.38. The first kappa shape index (κ1) is 17.2. The fourth-order valence-electron chi connectivity index (χ4n) is 3.23. The average Bonchev–Trinajstić information content (AvgIpc) is 3.20. The molecular weight excluding hydrogens is 328 g/mol. The van der Waals surface area contributed by atoms with E-state index in [-0.39, 0.29) is 18.1 Å². The predicted molar refractivity (Wildman–Crippen MR) is 92.9 cm³/mol. The Hall–Kier alpha value is -1.60. The van der Waals surface area contributed by atoms with E-state index in [0.29, 0.717) is 23.7 Å². The van der Waals surface area contributed by atoms with Gasteiger partial charge in [0.05, 0.1) is 18.3 Å². The Balaban J connectivity index is 1.70. The number of thiophene rings is 1. The zero-order chi connectivity index (χ0) is 16.9. The summed E-state index contributed by atoms with van der Waals surface area (Å²) in [6.45, 7) is 3.37. The number of nitrogens with one attached hydrogen (secondary N) is 2. The van der Waals surface area contributed by atoms with Crippen LogP contribution in [-0.2, 0) is 22.3 Å². The molecule has 1 aromatic rings. The van der Waals surface area contributed by atoms with E-state index < -0.39 is 0 Å². The van der Waals surface area contributed by atoms with Crippen LogP contribution in [0.25, 0.3) is 0 Å². The van der Waals surface area contributed by atoms with Gasteiger partial charge in [0.15, 0.2) is 0 Å². The third-order valence-electron chi connectivity index (χ3n) is 4.39. The summed E-state index contributed by atoms with van der Waals surface area (Å²) in [5.41, 5.74) is 1.60. The molecule has 2 N–H and O–H groups in total. The van der Waals surface area contributed by atoms with Gasteiger partial charge in [-0.1, -0.05) is 0 Å². The number of esters is 1. The van der Waals surface area contributed by atoms with Crippen LogP contribution in [0.4, 0.5) is 9.80 Å². The minimum atomic E-state index is -0.341. The largest absolute Gasteiger partial charge is 0.462 e. The summed E-state index contributed by atoms with van der Waals surface area (Å²) in [7, 11) is 0. The normalized spacial score (nSPS) is 19.6. The number of hydrogen-bond donors (Lipinski definition) is 2. The molecule has 1 aromatic heterocycles. The lowest BCUT2D eigenvalue weighted by Crippen LogP contribution is -2.35. The van der Waals surface area contributed by atoms with Gasteiger partial charge in [-0.2, -0.15) is 0 Å². The maximum absolute atomic E-state index is 12.3. The number of rotatable bonds is 5. The molecule has 1 aliphatic heterocycles. The van der Waals surface area contributed by atoms with Crippen molar-refractivity contribution < 1.29 is 19.1 Å². The second kappa shape index (κ2) is 7.98. The van der Waals surface area contributed by atoms with E-state index >= 15 is 0 Å². The predicted octanol–water partition coefficient (Wildman–Crippen LogP) is 3.10. The van der Waals surface area contributed by atoms with Gasteiger partial charge < -0.3 is 14.8 Å². The molecule has 7 heteroatoms. The van der Waals surface area contributed by atoms with Gasteiger partial charge in [0.1, 0.15) is 5.00 Å². The number of anilines is 1.